The van der Waals surface area contributed by atoms with E-state index in [1.54, 1.807) is 12.1 Å². The van der Waals surface area contributed by atoms with Crippen molar-refractivity contribution in [1.82, 2.24) is 15.3 Å². The monoisotopic (exact) mass is 431 g/mol. The smallest absolute Gasteiger partial charge is 0.299 e. The molecule has 2 aromatic rings. The summed E-state index contributed by atoms with van der Waals surface area (Å²) < 4.78 is 12.7. The summed E-state index contributed by atoms with van der Waals surface area (Å²) in [6, 6.07) is 5.41. The first kappa shape index (κ1) is 17.2. The summed E-state index contributed by atoms with van der Waals surface area (Å²) in [6.07, 6.45) is 1.39. The number of hydroxylamine groups is 1. The van der Waals surface area contributed by atoms with E-state index in [0.717, 1.165) is 3.57 Å². The molecule has 0 fully saturated rings. The molecule has 0 saturated heterocycles. The molecular formula is C14H14IN3O5. The first-order valence-corrected chi connectivity index (χ1v) is 7.45. The molecule has 0 aliphatic carbocycles. The molecule has 1 N–H and O–H groups in total. The number of carbonyl (C=O) groups excluding carboxylic acids is 1. The Bertz CT molecular complexity index is 790. The van der Waals surface area contributed by atoms with Crippen LogP contribution in [-0.2, 0) is 4.84 Å². The van der Waals surface area contributed by atoms with Crippen molar-refractivity contribution in [1.29, 1.82) is 0 Å². The second-order valence-electron chi connectivity index (χ2n) is 4.27. The van der Waals surface area contributed by atoms with E-state index in [9.17, 15) is 9.59 Å². The third-order valence-corrected chi connectivity index (χ3v) is 3.58. The first-order valence-electron chi connectivity index (χ1n) is 6.37. The molecule has 122 valence electrons. The summed E-state index contributed by atoms with van der Waals surface area (Å²) in [7, 11) is 4.12. The average molecular weight is 431 g/mol. The van der Waals surface area contributed by atoms with Crippen molar-refractivity contribution in [2.24, 2.45) is 0 Å². The number of methoxy groups -OCH3 is 2. The minimum Gasteiger partial charge on any atom is -0.494 e. The molecule has 1 aromatic heterocycles. The molecule has 0 spiro atoms. The highest BCUT2D eigenvalue weighted by atomic mass is 127. The molecule has 0 bridgehead atoms. The van der Waals surface area contributed by atoms with Gasteiger partial charge in [0, 0.05) is 3.57 Å². The number of nitrogens with zero attached hydrogens (tertiary/aromatic N) is 2. The Hall–Kier alpha value is -2.14. The van der Waals surface area contributed by atoms with Crippen molar-refractivity contribution >= 4 is 28.5 Å². The van der Waals surface area contributed by atoms with Crippen LogP contribution in [0.15, 0.2) is 29.2 Å². The number of halogens is 1. The molecule has 0 aliphatic heterocycles. The summed E-state index contributed by atoms with van der Waals surface area (Å²) in [5, 5.41) is 4.06. The number of ether oxygens (including phenoxy) is 2. The number of hydrogen-bond donors (Lipinski definition) is 1. The first-order chi connectivity index (χ1) is 11.0. The number of amides is 1. The predicted octanol–water partition coefficient (Wildman–Crippen LogP) is 1.15. The Kier molecular flexibility index (Phi) is 5.55. The summed E-state index contributed by atoms with van der Waals surface area (Å²) in [5.74, 6) is -0.260. The fourth-order valence-electron chi connectivity index (χ4n) is 1.87. The van der Waals surface area contributed by atoms with Crippen molar-refractivity contribution in [3.05, 3.63) is 43.9 Å². The van der Waals surface area contributed by atoms with E-state index in [1.807, 2.05) is 6.07 Å². The average Bonchev–Trinajstić information content (AvgIpc) is 2.55. The summed E-state index contributed by atoms with van der Waals surface area (Å²) in [5.41, 5.74) is 1.63. The highest BCUT2D eigenvalue weighted by Crippen LogP contribution is 2.25. The van der Waals surface area contributed by atoms with Gasteiger partial charge in [-0.3, -0.25) is 14.4 Å². The molecule has 0 aliphatic rings. The summed E-state index contributed by atoms with van der Waals surface area (Å²) in [4.78, 5) is 28.6. The highest BCUT2D eigenvalue weighted by Gasteiger charge is 2.19. The molecule has 23 heavy (non-hydrogen) atoms. The molecular weight excluding hydrogens is 417 g/mol. The molecule has 0 unspecified atom stereocenters. The Morgan fingerprint density at radius 3 is 2.52 bits per heavy atom. The van der Waals surface area contributed by atoms with Gasteiger partial charge in [0.2, 0.25) is 5.69 Å². The zero-order chi connectivity index (χ0) is 17.0. The van der Waals surface area contributed by atoms with Crippen molar-refractivity contribution in [3.63, 3.8) is 0 Å². The van der Waals surface area contributed by atoms with Gasteiger partial charge in [0.1, 0.15) is 11.4 Å². The van der Waals surface area contributed by atoms with E-state index in [0.29, 0.717) is 11.4 Å². The second kappa shape index (κ2) is 7.42. The molecule has 2 rings (SSSR count). The van der Waals surface area contributed by atoms with E-state index in [2.05, 4.69) is 38.0 Å². The molecule has 1 aromatic carbocycles. The van der Waals surface area contributed by atoms with Crippen molar-refractivity contribution in [2.45, 2.75) is 0 Å². The molecule has 0 atom stereocenters. The maximum atomic E-state index is 12.2. The third kappa shape index (κ3) is 3.62. The van der Waals surface area contributed by atoms with Gasteiger partial charge in [0.05, 0.1) is 27.5 Å². The zero-order valence-corrected chi connectivity index (χ0v) is 14.8. The van der Waals surface area contributed by atoms with Gasteiger partial charge in [-0.2, -0.15) is 5.10 Å². The Morgan fingerprint density at radius 1 is 1.22 bits per heavy atom. The minimum absolute atomic E-state index is 0.0261. The van der Waals surface area contributed by atoms with Crippen LogP contribution < -0.4 is 20.4 Å². The lowest BCUT2D eigenvalue weighted by Gasteiger charge is -2.13. The molecule has 1 heterocycles. The minimum atomic E-state index is -0.769. The lowest BCUT2D eigenvalue weighted by molar-refractivity contribution is 0.0529. The fraction of sp³-hybridized carbons (Fsp3) is 0.214. The van der Waals surface area contributed by atoms with Crippen molar-refractivity contribution < 1.29 is 19.1 Å². The Labute approximate surface area is 145 Å². The topological polar surface area (TPSA) is 91.7 Å². The quantitative estimate of drug-likeness (QED) is 0.564. The molecule has 8 nitrogen and oxygen atoms in total. The highest BCUT2D eigenvalue weighted by molar-refractivity contribution is 14.1. The van der Waals surface area contributed by atoms with Crippen LogP contribution in [0.3, 0.4) is 0 Å². The Morgan fingerprint density at radius 2 is 1.91 bits per heavy atom. The molecule has 1 amide bonds. The summed E-state index contributed by atoms with van der Waals surface area (Å²) >= 11 is 2.15. The maximum absolute atomic E-state index is 12.2. The van der Waals surface area contributed by atoms with E-state index in [-0.39, 0.29) is 11.4 Å². The van der Waals surface area contributed by atoms with Crippen LogP contribution in [0.25, 0.3) is 5.69 Å². The maximum Gasteiger partial charge on any atom is 0.299 e. The van der Waals surface area contributed by atoms with Crippen LogP contribution in [-0.4, -0.2) is 37.0 Å². The van der Waals surface area contributed by atoms with Gasteiger partial charge in [-0.05, 0) is 40.8 Å². The number of carbonyl (C=O) groups is 1. The SMILES string of the molecule is CONC(=O)c1nn(-c2ccc(I)cc2OC)cc(OC)c1=O. The number of benzene rings is 1. The normalized spacial score (nSPS) is 10.3. The van der Waals surface area contributed by atoms with Gasteiger partial charge in [-0.15, -0.1) is 0 Å². The standard InChI is InChI=1S/C14H14IN3O5/c1-21-10-6-8(15)4-5-9(10)18-7-11(22-2)13(19)12(16-18)14(20)17-23-3/h4-7H,1-3H3,(H,17,20). The van der Waals surface area contributed by atoms with Gasteiger partial charge in [-0.25, -0.2) is 10.2 Å². The lowest BCUT2D eigenvalue weighted by Crippen LogP contribution is -2.31. The number of rotatable bonds is 5. The number of aromatic nitrogens is 2. The van der Waals surface area contributed by atoms with Gasteiger partial charge in [-0.1, -0.05) is 0 Å². The van der Waals surface area contributed by atoms with Gasteiger partial charge in [0.25, 0.3) is 11.3 Å². The second-order valence-corrected chi connectivity index (χ2v) is 5.52. The van der Waals surface area contributed by atoms with Crippen LogP contribution in [0.5, 0.6) is 11.5 Å². The van der Waals surface area contributed by atoms with Crippen LogP contribution >= 0.6 is 22.6 Å². The molecule has 0 radical (unpaired) electrons. The van der Waals surface area contributed by atoms with Crippen molar-refractivity contribution in [2.75, 3.05) is 21.3 Å². The van der Waals surface area contributed by atoms with Crippen LogP contribution in [0.4, 0.5) is 0 Å². The van der Waals surface area contributed by atoms with Crippen LogP contribution in [0.1, 0.15) is 10.5 Å². The van der Waals surface area contributed by atoms with Gasteiger partial charge in [0.15, 0.2) is 5.75 Å². The number of nitrogens with one attached hydrogen (secondary N) is 1. The van der Waals surface area contributed by atoms with E-state index >= 15 is 0 Å². The zero-order valence-electron chi connectivity index (χ0n) is 12.6. The van der Waals surface area contributed by atoms with Gasteiger partial charge < -0.3 is 9.47 Å². The van der Waals surface area contributed by atoms with Crippen molar-refractivity contribution in [3.8, 4) is 17.2 Å². The van der Waals surface area contributed by atoms with E-state index < -0.39 is 11.3 Å². The fourth-order valence-corrected chi connectivity index (χ4v) is 2.33. The largest absolute Gasteiger partial charge is 0.494 e. The molecule has 9 heteroatoms. The predicted molar refractivity (Wildman–Crippen MR) is 90.1 cm³/mol. The number of hydrogen-bond acceptors (Lipinski definition) is 6. The van der Waals surface area contributed by atoms with E-state index in [4.69, 9.17) is 9.47 Å². The van der Waals surface area contributed by atoms with E-state index in [1.165, 1.54) is 32.2 Å². The lowest BCUT2D eigenvalue weighted by atomic mass is 10.3. The molecule has 0 saturated carbocycles. The van der Waals surface area contributed by atoms with Gasteiger partial charge >= 0.3 is 0 Å². The third-order valence-electron chi connectivity index (χ3n) is 2.90. The summed E-state index contributed by atoms with van der Waals surface area (Å²) in [6.45, 7) is 0. The van der Waals surface area contributed by atoms with Crippen LogP contribution in [0, 0.1) is 3.57 Å². The Balaban J connectivity index is 2.66. The van der Waals surface area contributed by atoms with Crippen LogP contribution in [0.2, 0.25) is 0 Å².